The van der Waals surface area contributed by atoms with Gasteiger partial charge in [0, 0.05) is 33.4 Å². The van der Waals surface area contributed by atoms with Gasteiger partial charge in [-0.1, -0.05) is 297 Å². The molecule has 500 valence electrons. The molecule has 0 saturated carbocycles. The lowest BCUT2D eigenvalue weighted by Crippen LogP contribution is -2.01. The second kappa shape index (κ2) is 25.7. The standard InChI is InChI=1S/C102H62N6/c1-2-17-67(18-3-1)97-103-99(88-25-13-23-71(58-88)73-36-38-81-55-79(42-40-77(81)53-73)75-34-29-64-15-5-7-20-69(64)51-75)108-102(107-97)96-61-86-21-9-11-27-92(86)95-60-85(48-49-93(95)96)83-43-44-84-59-89(47-45-82(84)56-83)100-104-98(105-101(106-100)90-46-32-66-31-30-65-16-8-10-26-91(65)94(66)62-90)87-24-12-22-70(57-87)72-35-37-80-54-78(41-39-76(80)52-72)74-33-28-63-14-4-6-19-68(63)50-74/h1-62H. The molecule has 19 aromatic carbocycles. The van der Waals surface area contributed by atoms with E-state index in [2.05, 4.69) is 358 Å². The number of rotatable bonds is 11. The van der Waals surface area contributed by atoms with Crippen LogP contribution in [-0.4, -0.2) is 29.9 Å². The van der Waals surface area contributed by atoms with Gasteiger partial charge in [-0.25, -0.2) is 29.9 Å². The van der Waals surface area contributed by atoms with Crippen molar-refractivity contribution in [2.45, 2.75) is 0 Å². The van der Waals surface area contributed by atoms with E-state index in [1.807, 2.05) is 18.2 Å². The molecule has 0 spiro atoms. The van der Waals surface area contributed by atoms with Crippen LogP contribution in [0.3, 0.4) is 0 Å². The van der Waals surface area contributed by atoms with Gasteiger partial charge in [0.05, 0.1) is 0 Å². The molecule has 0 aliphatic rings. The topological polar surface area (TPSA) is 77.3 Å². The van der Waals surface area contributed by atoms with Crippen LogP contribution >= 0.6 is 0 Å². The van der Waals surface area contributed by atoms with Crippen LogP contribution in [0.5, 0.6) is 0 Å². The maximum absolute atomic E-state index is 5.41. The zero-order valence-corrected chi connectivity index (χ0v) is 58.5. The molecule has 108 heavy (non-hydrogen) atoms. The summed E-state index contributed by atoms with van der Waals surface area (Å²) in [5, 5.41) is 20.9. The molecule has 0 fully saturated rings. The van der Waals surface area contributed by atoms with Crippen LogP contribution in [0.4, 0.5) is 0 Å². The third kappa shape index (κ3) is 11.4. The van der Waals surface area contributed by atoms with Gasteiger partial charge in [-0.15, -0.1) is 0 Å². The van der Waals surface area contributed by atoms with Crippen LogP contribution in [0.1, 0.15) is 0 Å². The van der Waals surface area contributed by atoms with Crippen molar-refractivity contribution < 1.29 is 0 Å². The Hall–Kier alpha value is -14.5. The van der Waals surface area contributed by atoms with Gasteiger partial charge in [0.1, 0.15) is 0 Å². The van der Waals surface area contributed by atoms with E-state index in [0.29, 0.717) is 34.9 Å². The smallest absolute Gasteiger partial charge is 0.164 e. The summed E-state index contributed by atoms with van der Waals surface area (Å²) in [7, 11) is 0. The number of hydrogen-bond donors (Lipinski definition) is 0. The van der Waals surface area contributed by atoms with Gasteiger partial charge in [-0.05, 0) is 231 Å². The molecule has 21 rings (SSSR count). The molecule has 0 bridgehead atoms. The second-order valence-corrected chi connectivity index (χ2v) is 28.2. The van der Waals surface area contributed by atoms with Crippen molar-refractivity contribution in [1.82, 2.24) is 29.9 Å². The van der Waals surface area contributed by atoms with Crippen molar-refractivity contribution >= 4 is 97.0 Å². The van der Waals surface area contributed by atoms with Crippen LogP contribution < -0.4 is 0 Å². The molecular formula is C102H62N6. The summed E-state index contributed by atoms with van der Waals surface area (Å²) < 4.78 is 0. The van der Waals surface area contributed by atoms with Crippen LogP contribution in [-0.2, 0) is 0 Å². The molecule has 0 saturated heterocycles. The highest BCUT2D eigenvalue weighted by Gasteiger charge is 2.20. The maximum atomic E-state index is 5.41. The summed E-state index contributed by atoms with van der Waals surface area (Å²) in [5.41, 5.74) is 16.8. The molecule has 0 unspecified atom stereocenters. The average molecular weight is 1370 g/mol. The fourth-order valence-corrected chi connectivity index (χ4v) is 15.9. The van der Waals surface area contributed by atoms with E-state index in [4.69, 9.17) is 29.9 Å². The first-order valence-corrected chi connectivity index (χ1v) is 36.7. The third-order valence-corrected chi connectivity index (χ3v) is 21.6. The molecule has 0 aliphatic heterocycles. The number of benzene rings is 19. The normalized spacial score (nSPS) is 11.7. The van der Waals surface area contributed by atoms with Crippen LogP contribution in [0, 0.1) is 0 Å². The van der Waals surface area contributed by atoms with Crippen LogP contribution in [0.2, 0.25) is 0 Å². The van der Waals surface area contributed by atoms with Gasteiger partial charge in [0.15, 0.2) is 34.9 Å². The van der Waals surface area contributed by atoms with E-state index < -0.39 is 0 Å². The van der Waals surface area contributed by atoms with E-state index in [9.17, 15) is 0 Å². The van der Waals surface area contributed by atoms with Gasteiger partial charge < -0.3 is 0 Å². The fraction of sp³-hybridized carbons (Fsp3) is 0. The van der Waals surface area contributed by atoms with Crippen molar-refractivity contribution in [1.29, 1.82) is 0 Å². The predicted molar refractivity (Wildman–Crippen MR) is 451 cm³/mol. The Labute approximate surface area is 623 Å². The number of aromatic nitrogens is 6. The number of hydrogen-bond acceptors (Lipinski definition) is 6. The molecule has 6 nitrogen and oxygen atoms in total. The maximum Gasteiger partial charge on any atom is 0.164 e. The Balaban J connectivity index is 0.619. The summed E-state index contributed by atoms with van der Waals surface area (Å²) in [6.45, 7) is 0. The first-order valence-electron chi connectivity index (χ1n) is 36.7. The molecule has 21 aromatic rings. The van der Waals surface area contributed by atoms with E-state index in [-0.39, 0.29) is 0 Å². The highest BCUT2D eigenvalue weighted by molar-refractivity contribution is 6.15. The van der Waals surface area contributed by atoms with Crippen LogP contribution in [0.25, 0.3) is 221 Å². The summed E-state index contributed by atoms with van der Waals surface area (Å²) in [6, 6.07) is 135. The Morgan fingerprint density at radius 3 is 0.843 bits per heavy atom. The van der Waals surface area contributed by atoms with Gasteiger partial charge >= 0.3 is 0 Å². The molecule has 2 aromatic heterocycles. The minimum absolute atomic E-state index is 0.595. The van der Waals surface area contributed by atoms with Crippen molar-refractivity contribution in [3.63, 3.8) is 0 Å². The predicted octanol–water partition coefficient (Wildman–Crippen LogP) is 26.8. The average Bonchev–Trinajstić information content (AvgIpc) is 0.753. The molecular weight excluding hydrogens is 1310 g/mol. The molecule has 0 amide bonds. The Morgan fingerprint density at radius 1 is 0.111 bits per heavy atom. The van der Waals surface area contributed by atoms with Crippen molar-refractivity contribution in [2.24, 2.45) is 0 Å². The Bertz CT molecular complexity index is 7270. The molecule has 6 heteroatoms. The molecule has 0 N–H and O–H groups in total. The first-order chi connectivity index (χ1) is 53.4. The fourth-order valence-electron chi connectivity index (χ4n) is 15.9. The lowest BCUT2D eigenvalue weighted by Gasteiger charge is -2.14. The van der Waals surface area contributed by atoms with Gasteiger partial charge in [-0.3, -0.25) is 0 Å². The highest BCUT2D eigenvalue weighted by atomic mass is 15.0. The monoisotopic (exact) mass is 1370 g/mol. The van der Waals surface area contributed by atoms with Crippen molar-refractivity contribution in [3.05, 3.63) is 376 Å². The SMILES string of the molecule is c1ccc(-c2nc(-c3cccc(-c4ccc5cc(-c6ccc7ccccc7c6)ccc5c4)c3)nc(-c3cc4ccccc4c4cc(-c5ccc6cc(-c7nc(-c8cccc(-c9ccc%10cc(-c%11ccc%12ccccc%12c%11)ccc%10c9)c8)nc(-c8ccc9ccc%10ccccc%10c9c8)n7)ccc6c5)ccc34)n2)cc1. The summed E-state index contributed by atoms with van der Waals surface area (Å²) in [6.07, 6.45) is 0. The number of fused-ring (bicyclic) bond motifs is 11. The minimum Gasteiger partial charge on any atom is -0.208 e. The van der Waals surface area contributed by atoms with Gasteiger partial charge in [0.2, 0.25) is 0 Å². The number of nitrogens with zero attached hydrogens (tertiary/aromatic N) is 6. The summed E-state index contributed by atoms with van der Waals surface area (Å²) >= 11 is 0. The van der Waals surface area contributed by atoms with Gasteiger partial charge in [-0.2, -0.15) is 0 Å². The zero-order chi connectivity index (χ0) is 71.2. The van der Waals surface area contributed by atoms with E-state index in [1.54, 1.807) is 0 Å². The summed E-state index contributed by atoms with van der Waals surface area (Å²) in [4.78, 5) is 32.0. The van der Waals surface area contributed by atoms with Crippen LogP contribution in [0.15, 0.2) is 376 Å². The largest absolute Gasteiger partial charge is 0.208 e. The lowest BCUT2D eigenvalue weighted by atomic mass is 9.92. The molecule has 0 radical (unpaired) electrons. The van der Waals surface area contributed by atoms with E-state index >= 15 is 0 Å². The van der Waals surface area contributed by atoms with Crippen molar-refractivity contribution in [2.75, 3.05) is 0 Å². The Kier molecular flexibility index (Phi) is 14.8. The quantitative estimate of drug-likeness (QED) is 0.120. The molecule has 0 atom stereocenters. The Morgan fingerprint density at radius 2 is 0.370 bits per heavy atom. The third-order valence-electron chi connectivity index (χ3n) is 21.6. The second-order valence-electron chi connectivity index (χ2n) is 28.2. The van der Waals surface area contributed by atoms with E-state index in [1.165, 1.54) is 76.1 Å². The minimum atomic E-state index is 0.595. The van der Waals surface area contributed by atoms with E-state index in [0.717, 1.165) is 110 Å². The zero-order valence-electron chi connectivity index (χ0n) is 58.5. The van der Waals surface area contributed by atoms with Crippen molar-refractivity contribution in [3.8, 4) is 124 Å². The molecule has 0 aliphatic carbocycles. The highest BCUT2D eigenvalue weighted by Crippen LogP contribution is 2.41. The lowest BCUT2D eigenvalue weighted by molar-refractivity contribution is 1.08. The first kappa shape index (κ1) is 62.1. The van der Waals surface area contributed by atoms with Gasteiger partial charge in [0.25, 0.3) is 0 Å². The molecule has 2 heterocycles. The summed E-state index contributed by atoms with van der Waals surface area (Å²) in [5.74, 6) is 3.61.